The highest BCUT2D eigenvalue weighted by Crippen LogP contribution is 2.43. The summed E-state index contributed by atoms with van der Waals surface area (Å²) >= 11 is 0. The number of hydrogen-bond donors (Lipinski definition) is 1. The Bertz CT molecular complexity index is 1000. The summed E-state index contributed by atoms with van der Waals surface area (Å²) in [4.78, 5) is 16.1. The van der Waals surface area contributed by atoms with E-state index < -0.39 is 0 Å². The van der Waals surface area contributed by atoms with Crippen molar-refractivity contribution >= 4 is 29.0 Å². The van der Waals surface area contributed by atoms with Crippen LogP contribution in [0.5, 0.6) is 5.75 Å². The smallest absolute Gasteiger partial charge is 0.208 e. The summed E-state index contributed by atoms with van der Waals surface area (Å²) in [5.41, 5.74) is 3.87. The first-order chi connectivity index (χ1) is 14.0. The lowest BCUT2D eigenvalue weighted by molar-refractivity contribution is 0.112. The van der Waals surface area contributed by atoms with Crippen LogP contribution in [0.1, 0.15) is 62.9 Å². The fraction of sp³-hybridized carbons (Fsp3) is 0.417. The summed E-state index contributed by atoms with van der Waals surface area (Å²) in [7, 11) is 0. The summed E-state index contributed by atoms with van der Waals surface area (Å²) in [6.45, 7) is 7.33. The van der Waals surface area contributed by atoms with E-state index in [1.165, 1.54) is 12.8 Å². The van der Waals surface area contributed by atoms with E-state index in [0.717, 1.165) is 47.5 Å². The summed E-state index contributed by atoms with van der Waals surface area (Å²) in [6, 6.07) is 14.1. The van der Waals surface area contributed by atoms with Crippen molar-refractivity contribution in [2.24, 2.45) is 5.41 Å². The average molecular weight is 392 g/mol. The minimum Gasteiger partial charge on any atom is -0.494 e. The van der Waals surface area contributed by atoms with Crippen molar-refractivity contribution in [1.82, 2.24) is 9.55 Å². The van der Waals surface area contributed by atoms with E-state index in [1.54, 1.807) is 0 Å². The molecule has 0 amide bonds. The number of carbonyl (C=O) groups excluding carboxylic acids is 1. The number of nitrogens with zero attached hydrogens (tertiary/aromatic N) is 2. The van der Waals surface area contributed by atoms with Gasteiger partial charge in [0.1, 0.15) is 12.0 Å². The van der Waals surface area contributed by atoms with Crippen LogP contribution in [-0.4, -0.2) is 22.4 Å². The molecule has 0 radical (unpaired) electrons. The van der Waals surface area contributed by atoms with Crippen LogP contribution < -0.4 is 10.1 Å². The number of fused-ring (bicyclic) bond motifs is 1. The molecule has 0 aliphatic heterocycles. The Morgan fingerprint density at radius 3 is 2.72 bits per heavy atom. The molecule has 1 fully saturated rings. The predicted octanol–water partition coefficient (Wildman–Crippen LogP) is 6.13. The van der Waals surface area contributed by atoms with Crippen LogP contribution in [-0.2, 0) is 0 Å². The van der Waals surface area contributed by atoms with E-state index in [0.29, 0.717) is 23.6 Å². The first-order valence-corrected chi connectivity index (χ1v) is 10.5. The SMILES string of the molecule is CCOc1ccc(Nc2nc3cc(C=O)ccc3n2[C@@H]2CCCC(C)(C)C2)cc1. The average Bonchev–Trinajstić information content (AvgIpc) is 3.05. The lowest BCUT2D eigenvalue weighted by Gasteiger charge is -2.36. The van der Waals surface area contributed by atoms with Gasteiger partial charge >= 0.3 is 0 Å². The maximum atomic E-state index is 11.2. The Labute approximate surface area is 172 Å². The molecule has 3 aromatic rings. The molecular weight excluding hydrogens is 362 g/mol. The van der Waals surface area contributed by atoms with Crippen LogP contribution in [0.2, 0.25) is 0 Å². The number of anilines is 2. The fourth-order valence-electron chi connectivity index (χ4n) is 4.46. The maximum absolute atomic E-state index is 11.2. The standard InChI is InChI=1S/C24H29N3O2/c1-4-29-20-10-8-18(9-11-20)25-23-26-21-14-17(16-28)7-12-22(21)27(23)19-6-5-13-24(2,3)15-19/h7-12,14,16,19H,4-6,13,15H2,1-3H3,(H,25,26)/t19-/m1/s1. The molecule has 1 aromatic heterocycles. The minimum absolute atomic E-state index is 0.318. The molecule has 1 N–H and O–H groups in total. The summed E-state index contributed by atoms with van der Waals surface area (Å²) in [5, 5.41) is 3.50. The second kappa shape index (κ2) is 7.90. The number of aldehydes is 1. The van der Waals surface area contributed by atoms with Crippen molar-refractivity contribution in [1.29, 1.82) is 0 Å². The van der Waals surface area contributed by atoms with E-state index in [2.05, 4.69) is 23.7 Å². The number of carbonyl (C=O) groups is 1. The molecule has 0 spiro atoms. The van der Waals surface area contributed by atoms with Gasteiger partial charge in [0.15, 0.2) is 0 Å². The Morgan fingerprint density at radius 1 is 1.24 bits per heavy atom. The van der Waals surface area contributed by atoms with Crippen LogP contribution in [0.25, 0.3) is 11.0 Å². The molecule has 0 unspecified atom stereocenters. The zero-order valence-electron chi connectivity index (χ0n) is 17.4. The molecule has 1 heterocycles. The molecule has 1 atom stereocenters. The third-order valence-corrected chi connectivity index (χ3v) is 5.82. The highest BCUT2D eigenvalue weighted by Gasteiger charge is 2.31. The van der Waals surface area contributed by atoms with Crippen molar-refractivity contribution in [3.05, 3.63) is 48.0 Å². The molecule has 1 aliphatic rings. The first kappa shape index (κ1) is 19.5. The maximum Gasteiger partial charge on any atom is 0.208 e. The van der Waals surface area contributed by atoms with Gasteiger partial charge in [0.25, 0.3) is 0 Å². The van der Waals surface area contributed by atoms with Crippen LogP contribution >= 0.6 is 0 Å². The van der Waals surface area contributed by atoms with Crippen molar-refractivity contribution in [2.75, 3.05) is 11.9 Å². The monoisotopic (exact) mass is 391 g/mol. The van der Waals surface area contributed by atoms with Gasteiger partial charge in [-0.25, -0.2) is 4.98 Å². The van der Waals surface area contributed by atoms with Gasteiger partial charge in [0, 0.05) is 17.3 Å². The Hall–Kier alpha value is -2.82. The Balaban J connectivity index is 1.74. The highest BCUT2D eigenvalue weighted by molar-refractivity contribution is 5.87. The van der Waals surface area contributed by atoms with Crippen LogP contribution in [0.3, 0.4) is 0 Å². The van der Waals surface area contributed by atoms with Gasteiger partial charge < -0.3 is 14.6 Å². The van der Waals surface area contributed by atoms with E-state index >= 15 is 0 Å². The molecule has 0 saturated heterocycles. The lowest BCUT2D eigenvalue weighted by atomic mass is 9.75. The van der Waals surface area contributed by atoms with Gasteiger partial charge in [-0.3, -0.25) is 4.79 Å². The van der Waals surface area contributed by atoms with E-state index in [4.69, 9.17) is 9.72 Å². The van der Waals surface area contributed by atoms with Crippen molar-refractivity contribution in [3.63, 3.8) is 0 Å². The molecule has 1 saturated carbocycles. The molecule has 1 aliphatic carbocycles. The van der Waals surface area contributed by atoms with Gasteiger partial charge in [-0.05, 0) is 74.1 Å². The van der Waals surface area contributed by atoms with Crippen molar-refractivity contribution in [3.8, 4) is 5.75 Å². The lowest BCUT2D eigenvalue weighted by Crippen LogP contribution is -2.25. The van der Waals surface area contributed by atoms with Gasteiger partial charge in [-0.2, -0.15) is 0 Å². The molecule has 4 rings (SSSR count). The minimum atomic E-state index is 0.318. The summed E-state index contributed by atoms with van der Waals surface area (Å²) < 4.78 is 7.88. The second-order valence-corrected chi connectivity index (χ2v) is 8.67. The second-order valence-electron chi connectivity index (χ2n) is 8.67. The number of rotatable bonds is 6. The van der Waals surface area contributed by atoms with Crippen LogP contribution in [0.15, 0.2) is 42.5 Å². The van der Waals surface area contributed by atoms with Crippen molar-refractivity contribution in [2.45, 2.75) is 52.5 Å². The number of aromatic nitrogens is 2. The van der Waals surface area contributed by atoms with Gasteiger partial charge in [0.2, 0.25) is 5.95 Å². The van der Waals surface area contributed by atoms with Gasteiger partial charge in [0.05, 0.1) is 17.6 Å². The number of nitrogens with one attached hydrogen (secondary N) is 1. The summed E-state index contributed by atoms with van der Waals surface area (Å²) in [6.07, 6.45) is 5.61. The fourth-order valence-corrected chi connectivity index (χ4v) is 4.46. The van der Waals surface area contributed by atoms with E-state index in [1.807, 2.05) is 49.4 Å². The number of hydrogen-bond acceptors (Lipinski definition) is 4. The largest absolute Gasteiger partial charge is 0.494 e. The molecule has 5 heteroatoms. The number of benzene rings is 2. The third-order valence-electron chi connectivity index (χ3n) is 5.82. The van der Waals surface area contributed by atoms with E-state index in [-0.39, 0.29) is 0 Å². The zero-order valence-corrected chi connectivity index (χ0v) is 17.4. The topological polar surface area (TPSA) is 56.1 Å². The quantitative estimate of drug-likeness (QED) is 0.513. The molecule has 2 aromatic carbocycles. The van der Waals surface area contributed by atoms with E-state index in [9.17, 15) is 4.79 Å². The predicted molar refractivity (Wildman–Crippen MR) is 117 cm³/mol. The molecule has 0 bridgehead atoms. The number of imidazole rings is 1. The van der Waals surface area contributed by atoms with Crippen LogP contribution in [0.4, 0.5) is 11.6 Å². The highest BCUT2D eigenvalue weighted by atomic mass is 16.5. The molecule has 5 nitrogen and oxygen atoms in total. The number of ether oxygens (including phenoxy) is 1. The Kier molecular flexibility index (Phi) is 5.31. The van der Waals surface area contributed by atoms with Gasteiger partial charge in [-0.1, -0.05) is 20.3 Å². The Morgan fingerprint density at radius 2 is 2.03 bits per heavy atom. The van der Waals surface area contributed by atoms with Crippen molar-refractivity contribution < 1.29 is 9.53 Å². The van der Waals surface area contributed by atoms with Gasteiger partial charge in [-0.15, -0.1) is 0 Å². The normalized spacial score (nSPS) is 18.5. The molecule has 29 heavy (non-hydrogen) atoms. The molecular formula is C24H29N3O2. The zero-order chi connectivity index (χ0) is 20.4. The first-order valence-electron chi connectivity index (χ1n) is 10.5. The summed E-state index contributed by atoms with van der Waals surface area (Å²) in [5.74, 6) is 1.69. The van der Waals surface area contributed by atoms with Crippen LogP contribution in [0, 0.1) is 5.41 Å². The third kappa shape index (κ3) is 4.14. The molecule has 152 valence electrons.